The van der Waals surface area contributed by atoms with E-state index < -0.39 is 11.7 Å². The molecule has 1 aromatic heterocycles. The van der Waals surface area contributed by atoms with Crippen LogP contribution in [0.15, 0.2) is 52.7 Å². The summed E-state index contributed by atoms with van der Waals surface area (Å²) in [5, 5.41) is 17.7. The van der Waals surface area contributed by atoms with Gasteiger partial charge in [0.25, 0.3) is 5.91 Å². The zero-order valence-electron chi connectivity index (χ0n) is 14.2. The Balaban J connectivity index is 1.88. The van der Waals surface area contributed by atoms with Crippen LogP contribution in [0.25, 0.3) is 10.9 Å². The first kappa shape index (κ1) is 16.8. The maximum Gasteiger partial charge on any atom is 0.295 e. The van der Waals surface area contributed by atoms with Gasteiger partial charge in [-0.05, 0) is 41.3 Å². The highest BCUT2D eigenvalue weighted by Gasteiger charge is 2.15. The number of hydrogen-bond donors (Lipinski definition) is 2. The number of aromatic nitrogens is 1. The van der Waals surface area contributed by atoms with Gasteiger partial charge in [-0.25, -0.2) is 4.39 Å². The molecule has 0 radical (unpaired) electrons. The van der Waals surface area contributed by atoms with Crippen molar-refractivity contribution >= 4 is 22.5 Å². The Hall–Kier alpha value is -3.02. The van der Waals surface area contributed by atoms with Crippen molar-refractivity contribution in [2.75, 3.05) is 0 Å². The van der Waals surface area contributed by atoms with Crippen molar-refractivity contribution < 1.29 is 14.3 Å². The lowest BCUT2D eigenvalue weighted by molar-refractivity contribution is 0.0995. The minimum Gasteiger partial charge on any atom is -0.493 e. The number of halogens is 1. The zero-order chi connectivity index (χ0) is 18.2. The molecule has 0 bridgehead atoms. The van der Waals surface area contributed by atoms with E-state index in [1.807, 2.05) is 12.1 Å². The summed E-state index contributed by atoms with van der Waals surface area (Å²) >= 11 is 0. The lowest BCUT2D eigenvalue weighted by Gasteiger charge is -2.18. The van der Waals surface area contributed by atoms with E-state index >= 15 is 0 Å². The number of carbonyl (C=O) groups is 1. The van der Waals surface area contributed by atoms with Gasteiger partial charge in [0, 0.05) is 10.9 Å². The second-order valence-corrected chi connectivity index (χ2v) is 6.84. The molecule has 3 rings (SSSR count). The van der Waals surface area contributed by atoms with E-state index in [-0.39, 0.29) is 17.0 Å². The molecule has 0 saturated heterocycles. The largest absolute Gasteiger partial charge is 0.493 e. The number of aromatic amines is 1. The van der Waals surface area contributed by atoms with Gasteiger partial charge >= 0.3 is 0 Å². The van der Waals surface area contributed by atoms with Crippen LogP contribution in [0.4, 0.5) is 10.1 Å². The highest BCUT2D eigenvalue weighted by Crippen LogP contribution is 2.35. The predicted octanol–water partition coefficient (Wildman–Crippen LogP) is 5.23. The topological polar surface area (TPSA) is 77.8 Å². The van der Waals surface area contributed by atoms with Gasteiger partial charge in [0.1, 0.15) is 5.82 Å². The molecule has 1 amide bonds. The minimum absolute atomic E-state index is 0.0109. The average molecular weight is 339 g/mol. The lowest BCUT2D eigenvalue weighted by Crippen LogP contribution is -2.11. The molecule has 3 aromatic rings. The fourth-order valence-electron chi connectivity index (χ4n) is 2.50. The fourth-order valence-corrected chi connectivity index (χ4v) is 2.50. The fraction of sp³-hybridized carbons (Fsp3) is 0.211. The van der Waals surface area contributed by atoms with E-state index in [1.54, 1.807) is 12.1 Å². The van der Waals surface area contributed by atoms with Crippen molar-refractivity contribution in [3.8, 4) is 5.88 Å². The summed E-state index contributed by atoms with van der Waals surface area (Å²) in [5.41, 5.74) is 2.03. The summed E-state index contributed by atoms with van der Waals surface area (Å²) in [6.07, 6.45) is 0. The second kappa shape index (κ2) is 6.12. The summed E-state index contributed by atoms with van der Waals surface area (Å²) in [6.45, 7) is 6.26. The molecule has 128 valence electrons. The molecule has 0 aliphatic rings. The maximum atomic E-state index is 13.4. The van der Waals surface area contributed by atoms with Gasteiger partial charge in [-0.2, -0.15) is 0 Å². The number of H-pyrrole nitrogens is 1. The Morgan fingerprint density at radius 2 is 1.80 bits per heavy atom. The van der Waals surface area contributed by atoms with E-state index in [0.29, 0.717) is 16.5 Å². The third kappa shape index (κ3) is 3.42. The summed E-state index contributed by atoms with van der Waals surface area (Å²) < 4.78 is 13.4. The van der Waals surface area contributed by atoms with Crippen LogP contribution in [-0.2, 0) is 5.41 Å². The summed E-state index contributed by atoms with van der Waals surface area (Å²) in [6, 6.07) is 11.1. The number of benzene rings is 2. The van der Waals surface area contributed by atoms with Gasteiger partial charge in [-0.15, -0.1) is 10.2 Å². The molecular weight excluding hydrogens is 321 g/mol. The summed E-state index contributed by atoms with van der Waals surface area (Å²) in [5.74, 6) is -1.27. The van der Waals surface area contributed by atoms with Gasteiger partial charge in [-0.3, -0.25) is 4.79 Å². The van der Waals surface area contributed by atoms with Crippen LogP contribution in [0.3, 0.4) is 0 Å². The average Bonchev–Trinajstić information content (AvgIpc) is 2.86. The highest BCUT2D eigenvalue weighted by molar-refractivity contribution is 5.97. The minimum atomic E-state index is -0.536. The van der Waals surface area contributed by atoms with Gasteiger partial charge in [0.2, 0.25) is 5.88 Å². The standard InChI is InChI=1S/C19H18FN3O2/c1-19(2,3)12-6-4-11(5-7-12)17(24)23-22-16-14-10-13(20)8-9-15(14)21-18(16)25/h4-10,21,25H,1-3H3. The molecule has 0 spiro atoms. The Morgan fingerprint density at radius 1 is 1.12 bits per heavy atom. The number of aromatic hydroxyl groups is 1. The van der Waals surface area contributed by atoms with Crippen LogP contribution in [0.5, 0.6) is 5.88 Å². The highest BCUT2D eigenvalue weighted by atomic mass is 19.1. The molecule has 0 atom stereocenters. The SMILES string of the molecule is CC(C)(C)c1ccc(C(=O)N=Nc2c(O)[nH]c3ccc(F)cc23)cc1. The first-order valence-electron chi connectivity index (χ1n) is 7.82. The maximum absolute atomic E-state index is 13.4. The first-order chi connectivity index (χ1) is 11.8. The summed E-state index contributed by atoms with van der Waals surface area (Å²) in [4.78, 5) is 14.9. The van der Waals surface area contributed by atoms with E-state index in [2.05, 4.69) is 36.0 Å². The van der Waals surface area contributed by atoms with Crippen LogP contribution in [0.2, 0.25) is 0 Å². The first-order valence-corrected chi connectivity index (χ1v) is 7.82. The van der Waals surface area contributed by atoms with E-state index in [1.165, 1.54) is 18.2 Å². The normalized spacial score (nSPS) is 12.2. The molecule has 0 aliphatic heterocycles. The van der Waals surface area contributed by atoms with Crippen molar-refractivity contribution in [2.45, 2.75) is 26.2 Å². The Labute approximate surface area is 144 Å². The number of fused-ring (bicyclic) bond motifs is 1. The van der Waals surface area contributed by atoms with Crippen molar-refractivity contribution in [3.63, 3.8) is 0 Å². The third-order valence-corrected chi connectivity index (χ3v) is 3.95. The molecule has 6 heteroatoms. The molecule has 2 N–H and O–H groups in total. The second-order valence-electron chi connectivity index (χ2n) is 6.84. The zero-order valence-corrected chi connectivity index (χ0v) is 14.2. The van der Waals surface area contributed by atoms with Crippen LogP contribution in [-0.4, -0.2) is 16.0 Å². The molecule has 0 fully saturated rings. The molecule has 0 aliphatic carbocycles. The van der Waals surface area contributed by atoms with Gasteiger partial charge in [0.05, 0.1) is 5.52 Å². The van der Waals surface area contributed by atoms with Crippen molar-refractivity contribution in [2.24, 2.45) is 10.2 Å². The molecule has 1 heterocycles. The van der Waals surface area contributed by atoms with E-state index in [9.17, 15) is 14.3 Å². The van der Waals surface area contributed by atoms with Crippen molar-refractivity contribution in [1.82, 2.24) is 4.98 Å². The molecule has 0 unspecified atom stereocenters. The number of hydrogen-bond acceptors (Lipinski definition) is 3. The number of carbonyl (C=O) groups excluding carboxylic acids is 1. The number of azo groups is 1. The lowest BCUT2D eigenvalue weighted by atomic mass is 9.87. The smallest absolute Gasteiger partial charge is 0.295 e. The van der Waals surface area contributed by atoms with E-state index in [4.69, 9.17) is 0 Å². The van der Waals surface area contributed by atoms with Crippen LogP contribution >= 0.6 is 0 Å². The number of amides is 1. The number of nitrogens with zero attached hydrogens (tertiary/aromatic N) is 2. The van der Waals surface area contributed by atoms with Crippen LogP contribution < -0.4 is 0 Å². The predicted molar refractivity (Wildman–Crippen MR) is 93.9 cm³/mol. The van der Waals surface area contributed by atoms with Crippen molar-refractivity contribution in [3.05, 3.63) is 59.4 Å². The van der Waals surface area contributed by atoms with Gasteiger partial charge in [0.15, 0.2) is 5.69 Å². The van der Waals surface area contributed by atoms with Crippen LogP contribution in [0, 0.1) is 5.82 Å². The van der Waals surface area contributed by atoms with Crippen molar-refractivity contribution in [1.29, 1.82) is 0 Å². The molecular formula is C19H18FN3O2. The van der Waals surface area contributed by atoms with Crippen LogP contribution in [0.1, 0.15) is 36.7 Å². The van der Waals surface area contributed by atoms with E-state index in [0.717, 1.165) is 5.56 Å². The quantitative estimate of drug-likeness (QED) is 0.627. The number of nitrogens with one attached hydrogen (secondary N) is 1. The Bertz CT molecular complexity index is 967. The molecule has 5 nitrogen and oxygen atoms in total. The third-order valence-electron chi connectivity index (χ3n) is 3.95. The molecule has 2 aromatic carbocycles. The Morgan fingerprint density at radius 3 is 2.44 bits per heavy atom. The monoisotopic (exact) mass is 339 g/mol. The number of rotatable bonds is 2. The molecule has 25 heavy (non-hydrogen) atoms. The van der Waals surface area contributed by atoms with Gasteiger partial charge < -0.3 is 10.1 Å². The van der Waals surface area contributed by atoms with Gasteiger partial charge in [-0.1, -0.05) is 32.9 Å². The summed E-state index contributed by atoms with van der Waals surface area (Å²) in [7, 11) is 0. The Kier molecular flexibility index (Phi) is 4.12. The molecule has 0 saturated carbocycles.